The molecule has 0 saturated carbocycles. The molecule has 1 aromatic carbocycles. The van der Waals surface area contributed by atoms with Crippen LogP contribution in [0.3, 0.4) is 0 Å². The standard InChI is InChI=1S/C18H26N4O/c23-11-10-22-8-6-15(7-9-22)12-19-13-17-14-20-21-18(17)16-4-2-1-3-5-16/h1-5,14-15,19,23H,6-13H2,(H,20,21). The van der Waals surface area contributed by atoms with E-state index < -0.39 is 0 Å². The third kappa shape index (κ3) is 4.41. The predicted molar refractivity (Wildman–Crippen MR) is 92.0 cm³/mol. The Kier molecular flexibility index (Phi) is 5.80. The average Bonchev–Trinajstić information content (AvgIpc) is 3.06. The van der Waals surface area contributed by atoms with Crippen LogP contribution in [0.5, 0.6) is 0 Å². The summed E-state index contributed by atoms with van der Waals surface area (Å²) >= 11 is 0. The minimum absolute atomic E-state index is 0.270. The lowest BCUT2D eigenvalue weighted by Gasteiger charge is -2.31. The molecule has 0 atom stereocenters. The third-order valence-electron chi connectivity index (χ3n) is 4.65. The van der Waals surface area contributed by atoms with E-state index in [-0.39, 0.29) is 6.61 Å². The molecule has 5 heteroatoms. The van der Waals surface area contributed by atoms with Crippen molar-refractivity contribution in [1.82, 2.24) is 20.4 Å². The zero-order valence-electron chi connectivity index (χ0n) is 13.5. The largest absolute Gasteiger partial charge is 0.395 e. The second-order valence-corrected chi connectivity index (χ2v) is 6.28. The lowest BCUT2D eigenvalue weighted by molar-refractivity contribution is 0.146. The van der Waals surface area contributed by atoms with Gasteiger partial charge in [0, 0.05) is 18.7 Å². The molecule has 1 aliphatic rings. The molecular weight excluding hydrogens is 288 g/mol. The fourth-order valence-electron chi connectivity index (χ4n) is 3.27. The minimum Gasteiger partial charge on any atom is -0.395 e. The molecule has 1 saturated heterocycles. The van der Waals surface area contributed by atoms with Crippen molar-refractivity contribution >= 4 is 0 Å². The van der Waals surface area contributed by atoms with Crippen LogP contribution in [0.15, 0.2) is 36.5 Å². The average molecular weight is 314 g/mol. The van der Waals surface area contributed by atoms with E-state index in [4.69, 9.17) is 5.11 Å². The van der Waals surface area contributed by atoms with Crippen molar-refractivity contribution in [2.45, 2.75) is 19.4 Å². The Morgan fingerprint density at radius 1 is 1.22 bits per heavy atom. The number of hydrogen-bond acceptors (Lipinski definition) is 4. The lowest BCUT2D eigenvalue weighted by atomic mass is 9.96. The molecule has 1 aromatic heterocycles. The number of piperidine rings is 1. The molecule has 124 valence electrons. The SMILES string of the molecule is OCCN1CCC(CNCc2cn[nH]c2-c2ccccc2)CC1. The van der Waals surface area contributed by atoms with Gasteiger partial charge in [0.25, 0.3) is 0 Å². The highest BCUT2D eigenvalue weighted by Crippen LogP contribution is 2.21. The molecule has 5 nitrogen and oxygen atoms in total. The maximum absolute atomic E-state index is 8.99. The topological polar surface area (TPSA) is 64.2 Å². The van der Waals surface area contributed by atoms with Crippen molar-refractivity contribution in [2.24, 2.45) is 5.92 Å². The Morgan fingerprint density at radius 2 is 2.00 bits per heavy atom. The molecule has 1 aliphatic heterocycles. The number of aromatic amines is 1. The van der Waals surface area contributed by atoms with Crippen LogP contribution in [-0.4, -0.2) is 53.0 Å². The van der Waals surface area contributed by atoms with Crippen molar-refractivity contribution in [3.8, 4) is 11.3 Å². The smallest absolute Gasteiger partial charge is 0.0695 e. The van der Waals surface area contributed by atoms with Gasteiger partial charge in [0.05, 0.1) is 18.5 Å². The number of hydrogen-bond donors (Lipinski definition) is 3. The first-order valence-corrected chi connectivity index (χ1v) is 8.48. The molecule has 0 spiro atoms. The number of rotatable bonds is 7. The first-order valence-electron chi connectivity index (χ1n) is 8.48. The van der Waals surface area contributed by atoms with E-state index in [0.29, 0.717) is 0 Å². The molecule has 0 unspecified atom stereocenters. The zero-order chi connectivity index (χ0) is 15.9. The van der Waals surface area contributed by atoms with E-state index in [0.717, 1.165) is 44.3 Å². The molecule has 1 fully saturated rings. The Bertz CT molecular complexity index is 576. The van der Waals surface area contributed by atoms with Crippen molar-refractivity contribution in [3.63, 3.8) is 0 Å². The number of nitrogens with one attached hydrogen (secondary N) is 2. The first-order chi connectivity index (χ1) is 11.4. The Hall–Kier alpha value is -1.69. The van der Waals surface area contributed by atoms with Gasteiger partial charge < -0.3 is 15.3 Å². The van der Waals surface area contributed by atoms with E-state index in [1.807, 2.05) is 24.4 Å². The van der Waals surface area contributed by atoms with Gasteiger partial charge in [-0.25, -0.2) is 0 Å². The van der Waals surface area contributed by atoms with Crippen LogP contribution in [0, 0.1) is 5.92 Å². The van der Waals surface area contributed by atoms with Gasteiger partial charge in [-0.1, -0.05) is 30.3 Å². The third-order valence-corrected chi connectivity index (χ3v) is 4.65. The number of H-pyrrole nitrogens is 1. The van der Waals surface area contributed by atoms with Crippen LogP contribution >= 0.6 is 0 Å². The molecule has 0 aliphatic carbocycles. The Balaban J connectivity index is 1.46. The Labute approximate surface area is 137 Å². The molecule has 0 bridgehead atoms. The second-order valence-electron chi connectivity index (χ2n) is 6.28. The van der Waals surface area contributed by atoms with Gasteiger partial charge >= 0.3 is 0 Å². The van der Waals surface area contributed by atoms with E-state index >= 15 is 0 Å². The Morgan fingerprint density at radius 3 is 2.74 bits per heavy atom. The normalized spacial score (nSPS) is 16.7. The monoisotopic (exact) mass is 314 g/mol. The van der Waals surface area contributed by atoms with Gasteiger partial charge in [0.15, 0.2) is 0 Å². The quantitative estimate of drug-likeness (QED) is 0.730. The molecule has 3 N–H and O–H groups in total. The first kappa shape index (κ1) is 16.2. The van der Waals surface area contributed by atoms with Crippen molar-refractivity contribution < 1.29 is 5.11 Å². The van der Waals surface area contributed by atoms with Gasteiger partial charge in [-0.05, 0) is 44.0 Å². The summed E-state index contributed by atoms with van der Waals surface area (Å²) in [5.41, 5.74) is 3.50. The molecule has 2 heterocycles. The van der Waals surface area contributed by atoms with Gasteiger partial charge in [-0.15, -0.1) is 0 Å². The number of nitrogens with zero attached hydrogens (tertiary/aromatic N) is 2. The van der Waals surface area contributed by atoms with Crippen LogP contribution in [0.2, 0.25) is 0 Å². The number of benzene rings is 1. The summed E-state index contributed by atoms with van der Waals surface area (Å²) < 4.78 is 0. The van der Waals surface area contributed by atoms with Crippen LogP contribution in [0.4, 0.5) is 0 Å². The molecule has 2 aromatic rings. The summed E-state index contributed by atoms with van der Waals surface area (Å²) in [4.78, 5) is 2.35. The van der Waals surface area contributed by atoms with E-state index in [9.17, 15) is 0 Å². The van der Waals surface area contributed by atoms with Gasteiger partial charge in [-0.3, -0.25) is 5.10 Å². The minimum atomic E-state index is 0.270. The number of aromatic nitrogens is 2. The molecular formula is C18H26N4O. The fraction of sp³-hybridized carbons (Fsp3) is 0.500. The maximum atomic E-state index is 8.99. The summed E-state index contributed by atoms with van der Waals surface area (Å²) in [6, 6.07) is 10.3. The van der Waals surface area contributed by atoms with Crippen molar-refractivity contribution in [2.75, 3.05) is 32.8 Å². The summed E-state index contributed by atoms with van der Waals surface area (Å²) in [7, 11) is 0. The van der Waals surface area contributed by atoms with Crippen LogP contribution in [-0.2, 0) is 6.54 Å². The maximum Gasteiger partial charge on any atom is 0.0695 e. The van der Waals surface area contributed by atoms with E-state index in [2.05, 4.69) is 32.5 Å². The second kappa shape index (κ2) is 8.24. The van der Waals surface area contributed by atoms with E-state index in [1.54, 1.807) is 0 Å². The highest BCUT2D eigenvalue weighted by atomic mass is 16.3. The molecule has 0 radical (unpaired) electrons. The number of aliphatic hydroxyl groups is 1. The highest BCUT2D eigenvalue weighted by molar-refractivity contribution is 5.62. The highest BCUT2D eigenvalue weighted by Gasteiger charge is 2.18. The zero-order valence-corrected chi connectivity index (χ0v) is 13.5. The van der Waals surface area contributed by atoms with Crippen LogP contribution < -0.4 is 5.32 Å². The number of aliphatic hydroxyl groups excluding tert-OH is 1. The van der Waals surface area contributed by atoms with Gasteiger partial charge in [-0.2, -0.15) is 5.10 Å². The molecule has 3 rings (SSSR count). The fourth-order valence-corrected chi connectivity index (χ4v) is 3.27. The van der Waals surface area contributed by atoms with E-state index in [1.165, 1.54) is 24.0 Å². The van der Waals surface area contributed by atoms with Gasteiger partial charge in [0.2, 0.25) is 0 Å². The van der Waals surface area contributed by atoms with Crippen molar-refractivity contribution in [3.05, 3.63) is 42.1 Å². The summed E-state index contributed by atoms with van der Waals surface area (Å²) in [6.07, 6.45) is 4.34. The number of β-amino-alcohol motifs (C(OH)–C–C–N with tert-alkyl or cyclic N) is 1. The number of likely N-dealkylation sites (tertiary alicyclic amines) is 1. The van der Waals surface area contributed by atoms with Crippen molar-refractivity contribution in [1.29, 1.82) is 0 Å². The molecule has 23 heavy (non-hydrogen) atoms. The lowest BCUT2D eigenvalue weighted by Crippen LogP contribution is -2.38. The van der Waals surface area contributed by atoms with Gasteiger partial charge in [0.1, 0.15) is 0 Å². The molecule has 0 amide bonds. The van der Waals surface area contributed by atoms with Crippen LogP contribution in [0.25, 0.3) is 11.3 Å². The summed E-state index contributed by atoms with van der Waals surface area (Å²) in [5, 5.41) is 19.9. The summed E-state index contributed by atoms with van der Waals surface area (Å²) in [6.45, 7) is 5.19. The predicted octanol–water partition coefficient (Wildman–Crippen LogP) is 1.87. The van der Waals surface area contributed by atoms with Crippen LogP contribution in [0.1, 0.15) is 18.4 Å². The summed E-state index contributed by atoms with van der Waals surface area (Å²) in [5.74, 6) is 0.733.